The first-order chi connectivity index (χ1) is 11.5. The maximum Gasteiger partial charge on any atom is 0.171 e. The Morgan fingerprint density at radius 3 is 2.25 bits per heavy atom. The lowest BCUT2D eigenvalue weighted by atomic mass is 9.85. The van der Waals surface area contributed by atoms with Crippen LogP contribution in [0.3, 0.4) is 0 Å². The number of benzene rings is 2. The summed E-state index contributed by atoms with van der Waals surface area (Å²) in [4.78, 5) is 0. The van der Waals surface area contributed by atoms with Crippen LogP contribution in [0.1, 0.15) is 36.8 Å². The van der Waals surface area contributed by atoms with E-state index in [0.29, 0.717) is 0 Å². The van der Waals surface area contributed by atoms with Gasteiger partial charge in [0.25, 0.3) is 0 Å². The van der Waals surface area contributed by atoms with E-state index in [0.717, 1.165) is 25.7 Å². The molecule has 0 saturated heterocycles. The van der Waals surface area contributed by atoms with Crippen molar-refractivity contribution in [2.45, 2.75) is 38.1 Å². The maximum atomic E-state index is 13.8. The third kappa shape index (κ3) is 3.26. The molecule has 0 spiro atoms. The van der Waals surface area contributed by atoms with Crippen molar-refractivity contribution in [3.8, 4) is 0 Å². The van der Waals surface area contributed by atoms with Gasteiger partial charge in [0, 0.05) is 0 Å². The molecule has 0 radical (unpaired) electrons. The highest BCUT2D eigenvalue weighted by Gasteiger charge is 2.37. The van der Waals surface area contributed by atoms with Crippen LogP contribution in [-0.4, -0.2) is 5.11 Å². The molecule has 0 bridgehead atoms. The highest BCUT2D eigenvalue weighted by Crippen LogP contribution is 2.40. The molecule has 1 saturated carbocycles. The molecular formula is C19H20F2N2S. The standard InChI is InChI=1S/C19H20F2N2S/c1-13-7-2-3-8-14(13)19(11-4-5-12-19)23-18(24)22-17-15(20)9-6-10-16(17)21/h2-3,6-10H,4-5,11-12H2,1H3,(H2,22,23,24). The van der Waals surface area contributed by atoms with Gasteiger partial charge in [0.2, 0.25) is 0 Å². The summed E-state index contributed by atoms with van der Waals surface area (Å²) in [6, 6.07) is 11.9. The fourth-order valence-corrected chi connectivity index (χ4v) is 3.83. The Balaban J connectivity index is 1.84. The third-order valence-electron chi connectivity index (χ3n) is 4.67. The van der Waals surface area contributed by atoms with Gasteiger partial charge in [0.05, 0.1) is 5.54 Å². The highest BCUT2D eigenvalue weighted by atomic mass is 32.1. The molecule has 2 nitrogen and oxygen atoms in total. The van der Waals surface area contributed by atoms with E-state index in [1.165, 1.54) is 29.3 Å². The van der Waals surface area contributed by atoms with E-state index in [1.54, 1.807) is 0 Å². The predicted molar refractivity (Wildman–Crippen MR) is 97.0 cm³/mol. The molecule has 1 fully saturated rings. The molecule has 0 unspecified atom stereocenters. The Morgan fingerprint density at radius 1 is 1.00 bits per heavy atom. The molecule has 1 aliphatic carbocycles. The number of para-hydroxylation sites is 1. The number of hydrogen-bond donors (Lipinski definition) is 2. The molecule has 2 aromatic carbocycles. The zero-order chi connectivity index (χ0) is 17.2. The van der Waals surface area contributed by atoms with Gasteiger partial charge in [-0.1, -0.05) is 43.2 Å². The number of anilines is 1. The molecular weight excluding hydrogens is 326 g/mol. The second-order valence-electron chi connectivity index (χ2n) is 6.28. The summed E-state index contributed by atoms with van der Waals surface area (Å²) in [5.41, 5.74) is 1.89. The quantitative estimate of drug-likeness (QED) is 0.762. The molecule has 0 atom stereocenters. The number of thiocarbonyl (C=S) groups is 1. The van der Waals surface area contributed by atoms with Crippen molar-refractivity contribution in [2.75, 3.05) is 5.32 Å². The summed E-state index contributed by atoms with van der Waals surface area (Å²) in [7, 11) is 0. The number of halogens is 2. The van der Waals surface area contributed by atoms with Crippen LogP contribution in [0, 0.1) is 18.6 Å². The number of rotatable bonds is 3. The molecule has 0 amide bonds. The fraction of sp³-hybridized carbons (Fsp3) is 0.316. The van der Waals surface area contributed by atoms with E-state index >= 15 is 0 Å². The lowest BCUT2D eigenvalue weighted by Gasteiger charge is -2.34. The van der Waals surface area contributed by atoms with E-state index in [2.05, 4.69) is 29.7 Å². The van der Waals surface area contributed by atoms with E-state index in [4.69, 9.17) is 12.2 Å². The highest BCUT2D eigenvalue weighted by molar-refractivity contribution is 7.80. The zero-order valence-electron chi connectivity index (χ0n) is 13.5. The van der Waals surface area contributed by atoms with Gasteiger partial charge in [0.15, 0.2) is 5.11 Å². The van der Waals surface area contributed by atoms with Crippen LogP contribution in [0.25, 0.3) is 0 Å². The Hall–Kier alpha value is -2.01. The molecule has 24 heavy (non-hydrogen) atoms. The average Bonchev–Trinajstić information content (AvgIpc) is 3.01. The molecule has 0 heterocycles. The van der Waals surface area contributed by atoms with Crippen molar-refractivity contribution < 1.29 is 8.78 Å². The van der Waals surface area contributed by atoms with Gasteiger partial charge in [-0.15, -0.1) is 0 Å². The van der Waals surface area contributed by atoms with Gasteiger partial charge >= 0.3 is 0 Å². The summed E-state index contributed by atoms with van der Waals surface area (Å²) < 4.78 is 27.6. The van der Waals surface area contributed by atoms with Gasteiger partial charge in [0.1, 0.15) is 17.3 Å². The molecule has 0 aliphatic heterocycles. The molecule has 1 aliphatic rings. The van der Waals surface area contributed by atoms with Crippen molar-refractivity contribution in [1.29, 1.82) is 0 Å². The Bertz CT molecular complexity index is 735. The minimum absolute atomic E-state index is 0.215. The second kappa shape index (κ2) is 6.85. The Labute approximate surface area is 146 Å². The van der Waals surface area contributed by atoms with Gasteiger partial charge in [-0.05, 0) is 55.2 Å². The van der Waals surface area contributed by atoms with E-state index in [-0.39, 0.29) is 16.3 Å². The Kier molecular flexibility index (Phi) is 4.81. The van der Waals surface area contributed by atoms with Gasteiger partial charge in [-0.25, -0.2) is 8.78 Å². The normalized spacial score (nSPS) is 16.0. The smallest absolute Gasteiger partial charge is 0.171 e. The predicted octanol–water partition coefficient (Wildman–Crippen LogP) is 5.03. The van der Waals surface area contributed by atoms with Crippen LogP contribution in [0.4, 0.5) is 14.5 Å². The SMILES string of the molecule is Cc1ccccc1C1(NC(=S)Nc2c(F)cccc2F)CCCC1. The van der Waals surface area contributed by atoms with Gasteiger partial charge < -0.3 is 10.6 Å². The molecule has 126 valence electrons. The maximum absolute atomic E-state index is 13.8. The summed E-state index contributed by atoms with van der Waals surface area (Å²) in [5.74, 6) is -1.31. The number of nitrogens with one attached hydrogen (secondary N) is 2. The fourth-order valence-electron chi connectivity index (χ4n) is 3.53. The average molecular weight is 346 g/mol. The van der Waals surface area contributed by atoms with Crippen LogP contribution in [0.15, 0.2) is 42.5 Å². The largest absolute Gasteiger partial charge is 0.353 e. The zero-order valence-corrected chi connectivity index (χ0v) is 14.4. The van der Waals surface area contributed by atoms with Crippen molar-refractivity contribution in [2.24, 2.45) is 0 Å². The molecule has 2 N–H and O–H groups in total. The topological polar surface area (TPSA) is 24.1 Å². The lowest BCUT2D eigenvalue weighted by Crippen LogP contribution is -2.46. The van der Waals surface area contributed by atoms with Crippen molar-refractivity contribution in [1.82, 2.24) is 5.32 Å². The van der Waals surface area contributed by atoms with Crippen molar-refractivity contribution in [3.05, 3.63) is 65.2 Å². The van der Waals surface area contributed by atoms with Crippen LogP contribution < -0.4 is 10.6 Å². The summed E-state index contributed by atoms with van der Waals surface area (Å²) in [5, 5.41) is 6.27. The first kappa shape index (κ1) is 16.8. The third-order valence-corrected chi connectivity index (χ3v) is 4.88. The van der Waals surface area contributed by atoms with Crippen molar-refractivity contribution >= 4 is 23.0 Å². The minimum atomic E-state index is -0.657. The first-order valence-corrected chi connectivity index (χ1v) is 8.52. The minimum Gasteiger partial charge on any atom is -0.353 e. The van der Waals surface area contributed by atoms with Crippen LogP contribution in [0.5, 0.6) is 0 Å². The first-order valence-electron chi connectivity index (χ1n) is 8.11. The molecule has 5 heteroatoms. The molecule has 0 aromatic heterocycles. The lowest BCUT2D eigenvalue weighted by molar-refractivity contribution is 0.406. The van der Waals surface area contributed by atoms with Crippen LogP contribution in [0.2, 0.25) is 0 Å². The summed E-state index contributed by atoms with van der Waals surface area (Å²) >= 11 is 5.35. The van der Waals surface area contributed by atoms with E-state index in [1.807, 2.05) is 12.1 Å². The summed E-state index contributed by atoms with van der Waals surface area (Å²) in [6.07, 6.45) is 4.08. The summed E-state index contributed by atoms with van der Waals surface area (Å²) in [6.45, 7) is 2.07. The second-order valence-corrected chi connectivity index (χ2v) is 6.69. The molecule has 3 rings (SSSR count). The van der Waals surface area contributed by atoms with Crippen LogP contribution >= 0.6 is 12.2 Å². The Morgan fingerprint density at radius 2 is 1.62 bits per heavy atom. The monoisotopic (exact) mass is 346 g/mol. The van der Waals surface area contributed by atoms with Gasteiger partial charge in [-0.2, -0.15) is 0 Å². The van der Waals surface area contributed by atoms with Crippen LogP contribution in [-0.2, 0) is 5.54 Å². The van der Waals surface area contributed by atoms with Gasteiger partial charge in [-0.3, -0.25) is 0 Å². The number of aryl methyl sites for hydroxylation is 1. The van der Waals surface area contributed by atoms with Crippen molar-refractivity contribution in [3.63, 3.8) is 0 Å². The van der Waals surface area contributed by atoms with E-state index in [9.17, 15) is 8.78 Å². The number of hydrogen-bond acceptors (Lipinski definition) is 1. The molecule has 2 aromatic rings. The van der Waals surface area contributed by atoms with E-state index < -0.39 is 11.6 Å².